The lowest BCUT2D eigenvalue weighted by Gasteiger charge is -2.02. The Kier molecular flexibility index (Phi) is 7.71. The van der Waals surface area contributed by atoms with Gasteiger partial charge in [-0.3, -0.25) is 0 Å². The van der Waals surface area contributed by atoms with Gasteiger partial charge in [0.2, 0.25) is 0 Å². The van der Waals surface area contributed by atoms with Gasteiger partial charge in [-0.2, -0.15) is 0 Å². The highest BCUT2D eigenvalue weighted by molar-refractivity contribution is 5.84. The minimum Gasteiger partial charge on any atom is -0.423 e. The molecule has 0 unspecified atom stereocenters. The van der Waals surface area contributed by atoms with Gasteiger partial charge in [0.25, 0.3) is 0 Å². The maximum atomic E-state index is 11.3. The Morgan fingerprint density at radius 1 is 0.562 bits per heavy atom. The first-order chi connectivity index (χ1) is 15.6. The summed E-state index contributed by atoms with van der Waals surface area (Å²) in [6.45, 7) is 6.77. The molecule has 0 aliphatic rings. The number of rotatable bonds is 8. The summed E-state index contributed by atoms with van der Waals surface area (Å²) in [4.78, 5) is 22.5. The number of benzene rings is 3. The Morgan fingerprint density at radius 2 is 1.00 bits per heavy atom. The van der Waals surface area contributed by atoms with E-state index in [9.17, 15) is 9.59 Å². The van der Waals surface area contributed by atoms with Gasteiger partial charge in [-0.1, -0.05) is 86.0 Å². The van der Waals surface area contributed by atoms with E-state index in [2.05, 4.69) is 13.2 Å². The molecule has 0 atom stereocenters. The van der Waals surface area contributed by atoms with Gasteiger partial charge in [0.05, 0.1) is 0 Å². The summed E-state index contributed by atoms with van der Waals surface area (Å²) in [7, 11) is 0. The van der Waals surface area contributed by atoms with E-state index in [1.54, 1.807) is 24.3 Å². The van der Waals surface area contributed by atoms with Crippen LogP contribution < -0.4 is 9.47 Å². The van der Waals surface area contributed by atoms with E-state index in [4.69, 9.17) is 9.47 Å². The van der Waals surface area contributed by atoms with Gasteiger partial charge in [0, 0.05) is 12.2 Å². The molecule has 3 aromatic rings. The molecule has 0 N–H and O–H groups in total. The number of carbonyl (C=O) groups is 2. The second-order valence-corrected chi connectivity index (χ2v) is 6.73. The van der Waals surface area contributed by atoms with Crippen molar-refractivity contribution in [3.63, 3.8) is 0 Å². The van der Waals surface area contributed by atoms with E-state index < -0.39 is 11.9 Å². The normalized spacial score (nSPS) is 10.8. The van der Waals surface area contributed by atoms with E-state index in [0.29, 0.717) is 11.5 Å². The number of carbonyl (C=O) groups excluding carboxylic acids is 2. The first-order valence-electron chi connectivity index (χ1n) is 9.90. The van der Waals surface area contributed by atoms with Crippen LogP contribution in [0.15, 0.2) is 98.1 Å². The van der Waals surface area contributed by atoms with Crippen molar-refractivity contribution in [2.24, 2.45) is 0 Å². The lowest BCUT2D eigenvalue weighted by molar-refractivity contribution is -0.129. The molecule has 0 heterocycles. The number of hydrogen-bond acceptors (Lipinski definition) is 4. The SMILES string of the molecule is C=CC(=O)Oc1ccc(/C=C/c2ccc(/C=C/c3cccc(OC(=O)C=C)c3)cc2)cc1. The van der Waals surface area contributed by atoms with E-state index in [1.807, 2.05) is 72.8 Å². The average Bonchev–Trinajstić information content (AvgIpc) is 2.83. The van der Waals surface area contributed by atoms with Crippen LogP contribution in [0.25, 0.3) is 24.3 Å². The Hall–Kier alpha value is -4.44. The monoisotopic (exact) mass is 422 g/mol. The summed E-state index contributed by atoms with van der Waals surface area (Å²) in [5.41, 5.74) is 4.02. The van der Waals surface area contributed by atoms with Crippen molar-refractivity contribution in [3.8, 4) is 11.5 Å². The molecule has 0 bridgehead atoms. The molecule has 0 aliphatic heterocycles. The standard InChI is InChI=1S/C28H22O4/c1-3-27(29)31-25-18-16-23(17-19-25)13-12-21-8-10-22(11-9-21)14-15-24-6-5-7-26(20-24)32-28(30)4-2/h3-20H,1-2H2/b13-12+,15-14+. The Balaban J connectivity index is 1.61. The molecule has 0 amide bonds. The summed E-state index contributed by atoms with van der Waals surface area (Å²) in [6.07, 6.45) is 10.2. The van der Waals surface area contributed by atoms with Gasteiger partial charge in [-0.05, 0) is 46.5 Å². The second kappa shape index (κ2) is 11.1. The topological polar surface area (TPSA) is 52.6 Å². The van der Waals surface area contributed by atoms with Gasteiger partial charge in [0.15, 0.2) is 0 Å². The predicted octanol–water partition coefficient (Wildman–Crippen LogP) is 6.21. The number of ether oxygens (including phenoxy) is 2. The Bertz CT molecular complexity index is 1170. The molecule has 0 fully saturated rings. The second-order valence-electron chi connectivity index (χ2n) is 6.73. The molecular weight excluding hydrogens is 400 g/mol. The lowest BCUT2D eigenvalue weighted by atomic mass is 10.1. The lowest BCUT2D eigenvalue weighted by Crippen LogP contribution is -2.02. The molecule has 0 radical (unpaired) electrons. The molecule has 0 saturated carbocycles. The quantitative estimate of drug-likeness (QED) is 0.187. The molecule has 0 aromatic heterocycles. The van der Waals surface area contributed by atoms with E-state index in [0.717, 1.165) is 34.4 Å². The van der Waals surface area contributed by atoms with Crippen LogP contribution >= 0.6 is 0 Å². The molecule has 32 heavy (non-hydrogen) atoms. The Morgan fingerprint density at radius 3 is 1.50 bits per heavy atom. The minimum absolute atomic E-state index is 0.476. The van der Waals surface area contributed by atoms with Crippen molar-refractivity contribution in [1.29, 1.82) is 0 Å². The maximum Gasteiger partial charge on any atom is 0.335 e. The van der Waals surface area contributed by atoms with Crippen LogP contribution in [0.3, 0.4) is 0 Å². The molecule has 4 nitrogen and oxygen atoms in total. The van der Waals surface area contributed by atoms with Gasteiger partial charge in [0.1, 0.15) is 11.5 Å². The smallest absolute Gasteiger partial charge is 0.335 e. The fourth-order valence-electron chi connectivity index (χ4n) is 2.75. The highest BCUT2D eigenvalue weighted by Gasteiger charge is 2.00. The van der Waals surface area contributed by atoms with Crippen LogP contribution in [0.1, 0.15) is 22.3 Å². The van der Waals surface area contributed by atoms with Crippen molar-refractivity contribution in [3.05, 3.63) is 120 Å². The van der Waals surface area contributed by atoms with E-state index >= 15 is 0 Å². The molecule has 4 heteroatoms. The van der Waals surface area contributed by atoms with Crippen LogP contribution in [0, 0.1) is 0 Å². The first-order valence-corrected chi connectivity index (χ1v) is 9.90. The molecule has 158 valence electrons. The zero-order chi connectivity index (χ0) is 22.8. The largest absolute Gasteiger partial charge is 0.423 e. The summed E-state index contributed by atoms with van der Waals surface area (Å²) >= 11 is 0. The summed E-state index contributed by atoms with van der Waals surface area (Å²) < 4.78 is 10.2. The molecule has 3 aromatic carbocycles. The van der Waals surface area contributed by atoms with Crippen molar-refractivity contribution in [2.75, 3.05) is 0 Å². The summed E-state index contributed by atoms with van der Waals surface area (Å²) in [6, 6.07) is 22.6. The molecule has 0 saturated heterocycles. The maximum absolute atomic E-state index is 11.3. The van der Waals surface area contributed by atoms with Crippen LogP contribution in [0.2, 0.25) is 0 Å². The zero-order valence-corrected chi connectivity index (χ0v) is 17.4. The number of esters is 2. The highest BCUT2D eigenvalue weighted by Crippen LogP contribution is 2.18. The fraction of sp³-hybridized carbons (Fsp3) is 0. The highest BCUT2D eigenvalue weighted by atomic mass is 16.5. The fourth-order valence-corrected chi connectivity index (χ4v) is 2.75. The third kappa shape index (κ3) is 6.82. The zero-order valence-electron chi connectivity index (χ0n) is 17.4. The van der Waals surface area contributed by atoms with Gasteiger partial charge >= 0.3 is 11.9 Å². The Labute approximate surface area is 187 Å². The molecular formula is C28H22O4. The van der Waals surface area contributed by atoms with Crippen LogP contribution in [0.4, 0.5) is 0 Å². The number of hydrogen-bond donors (Lipinski definition) is 0. The molecule has 3 rings (SSSR count). The predicted molar refractivity (Wildman–Crippen MR) is 129 cm³/mol. The van der Waals surface area contributed by atoms with Crippen LogP contribution in [-0.2, 0) is 9.59 Å². The van der Waals surface area contributed by atoms with E-state index in [-0.39, 0.29) is 0 Å². The van der Waals surface area contributed by atoms with Gasteiger partial charge in [-0.25, -0.2) is 9.59 Å². The summed E-state index contributed by atoms with van der Waals surface area (Å²) in [5.74, 6) is -0.00913. The molecule has 0 aliphatic carbocycles. The minimum atomic E-state index is -0.484. The summed E-state index contributed by atoms with van der Waals surface area (Å²) in [5, 5.41) is 0. The van der Waals surface area contributed by atoms with Gasteiger partial charge < -0.3 is 9.47 Å². The molecule has 0 spiro atoms. The van der Waals surface area contributed by atoms with Gasteiger partial charge in [-0.15, -0.1) is 0 Å². The van der Waals surface area contributed by atoms with Crippen LogP contribution in [-0.4, -0.2) is 11.9 Å². The van der Waals surface area contributed by atoms with E-state index in [1.165, 1.54) is 0 Å². The van der Waals surface area contributed by atoms with Crippen molar-refractivity contribution in [2.45, 2.75) is 0 Å². The third-order valence-electron chi connectivity index (χ3n) is 4.38. The van der Waals surface area contributed by atoms with Crippen molar-refractivity contribution in [1.82, 2.24) is 0 Å². The van der Waals surface area contributed by atoms with Crippen molar-refractivity contribution < 1.29 is 19.1 Å². The van der Waals surface area contributed by atoms with Crippen molar-refractivity contribution >= 4 is 36.2 Å². The van der Waals surface area contributed by atoms with Crippen LogP contribution in [0.5, 0.6) is 11.5 Å². The third-order valence-corrected chi connectivity index (χ3v) is 4.38. The first kappa shape index (κ1) is 22.2. The average molecular weight is 422 g/mol.